The van der Waals surface area contributed by atoms with Gasteiger partial charge in [-0.05, 0) is 42.5 Å². The van der Waals surface area contributed by atoms with E-state index in [-0.39, 0.29) is 17.4 Å². The molecule has 5 nitrogen and oxygen atoms in total. The van der Waals surface area contributed by atoms with Crippen molar-refractivity contribution in [1.29, 1.82) is 0 Å². The first-order valence-electron chi connectivity index (χ1n) is 9.91. The van der Waals surface area contributed by atoms with Gasteiger partial charge in [-0.25, -0.2) is 0 Å². The van der Waals surface area contributed by atoms with Gasteiger partial charge in [-0.1, -0.05) is 44.0 Å². The summed E-state index contributed by atoms with van der Waals surface area (Å²) in [5.74, 6) is -1.23. The summed E-state index contributed by atoms with van der Waals surface area (Å²) in [4.78, 5) is 31.7. The molecular formula is C23H24N2O3. The Hall–Kier alpha value is -2.95. The van der Waals surface area contributed by atoms with Crippen molar-refractivity contribution in [3.8, 4) is 0 Å². The fourth-order valence-corrected chi connectivity index (χ4v) is 4.34. The van der Waals surface area contributed by atoms with E-state index in [1.165, 1.54) is 0 Å². The number of carbonyl (C=O) groups excluding carboxylic acids is 2. The maximum absolute atomic E-state index is 13.0. The molecule has 2 heterocycles. The number of pyridine rings is 1. The van der Waals surface area contributed by atoms with Crippen molar-refractivity contribution >= 4 is 17.4 Å². The largest absolute Gasteiger partial charge is 0.507 e. The molecule has 1 saturated carbocycles. The van der Waals surface area contributed by atoms with Gasteiger partial charge in [0.05, 0.1) is 11.6 Å². The first-order valence-corrected chi connectivity index (χ1v) is 9.91. The lowest BCUT2D eigenvalue weighted by molar-refractivity contribution is -0.141. The van der Waals surface area contributed by atoms with E-state index in [1.54, 1.807) is 29.4 Å². The molecule has 144 valence electrons. The van der Waals surface area contributed by atoms with Gasteiger partial charge < -0.3 is 10.0 Å². The third kappa shape index (κ3) is 3.11. The predicted octanol–water partition coefficient (Wildman–Crippen LogP) is 4.01. The van der Waals surface area contributed by atoms with E-state index in [0.717, 1.165) is 43.2 Å². The van der Waals surface area contributed by atoms with Crippen molar-refractivity contribution in [2.75, 3.05) is 0 Å². The summed E-state index contributed by atoms with van der Waals surface area (Å²) >= 11 is 0. The number of aliphatic hydroxyl groups excluding tert-OH is 1. The summed E-state index contributed by atoms with van der Waals surface area (Å²) in [5, 5.41) is 11.0. The minimum atomic E-state index is -0.606. The van der Waals surface area contributed by atoms with Gasteiger partial charge >= 0.3 is 0 Å². The maximum atomic E-state index is 13.0. The van der Waals surface area contributed by atoms with Crippen LogP contribution in [0.25, 0.3) is 5.76 Å². The second-order valence-electron chi connectivity index (χ2n) is 7.48. The Balaban J connectivity index is 1.85. The van der Waals surface area contributed by atoms with Gasteiger partial charge in [-0.3, -0.25) is 14.6 Å². The molecule has 0 bridgehead atoms. The number of amides is 1. The van der Waals surface area contributed by atoms with Crippen molar-refractivity contribution in [1.82, 2.24) is 9.88 Å². The Morgan fingerprint density at radius 3 is 2.32 bits per heavy atom. The summed E-state index contributed by atoms with van der Waals surface area (Å²) in [7, 11) is 0. The molecule has 2 aliphatic rings. The number of aliphatic hydroxyl groups is 1. The van der Waals surface area contributed by atoms with Crippen molar-refractivity contribution in [3.05, 3.63) is 71.1 Å². The van der Waals surface area contributed by atoms with E-state index in [9.17, 15) is 14.7 Å². The highest BCUT2D eigenvalue weighted by Crippen LogP contribution is 2.43. The quantitative estimate of drug-likeness (QED) is 0.497. The molecular weight excluding hydrogens is 352 g/mol. The molecule has 0 radical (unpaired) electrons. The molecule has 2 fully saturated rings. The Morgan fingerprint density at radius 2 is 1.71 bits per heavy atom. The van der Waals surface area contributed by atoms with E-state index in [2.05, 4.69) is 11.9 Å². The van der Waals surface area contributed by atoms with E-state index in [0.29, 0.717) is 5.56 Å². The zero-order valence-corrected chi connectivity index (χ0v) is 16.0. The summed E-state index contributed by atoms with van der Waals surface area (Å²) in [6.45, 7) is 2.06. The monoisotopic (exact) mass is 376 g/mol. The molecule has 1 aliphatic heterocycles. The number of benzene rings is 1. The zero-order chi connectivity index (χ0) is 19.7. The molecule has 1 N–H and O–H groups in total. The number of hydrogen-bond donors (Lipinski definition) is 1. The second kappa shape index (κ2) is 7.58. The second-order valence-corrected chi connectivity index (χ2v) is 7.48. The molecule has 1 aromatic heterocycles. The summed E-state index contributed by atoms with van der Waals surface area (Å²) in [5.41, 5.74) is 2.68. The van der Waals surface area contributed by atoms with Crippen LogP contribution in [-0.2, 0) is 16.0 Å². The number of aryl methyl sites for hydroxylation is 1. The average molecular weight is 376 g/mol. The predicted molar refractivity (Wildman–Crippen MR) is 106 cm³/mol. The van der Waals surface area contributed by atoms with Crippen molar-refractivity contribution < 1.29 is 14.7 Å². The van der Waals surface area contributed by atoms with Gasteiger partial charge in [0.25, 0.3) is 11.7 Å². The Bertz CT molecular complexity index is 913. The number of ketones is 1. The number of nitrogens with zero attached hydrogens (tertiary/aromatic N) is 2. The lowest BCUT2D eigenvalue weighted by Gasteiger charge is -2.30. The molecule has 1 unspecified atom stereocenters. The molecule has 1 atom stereocenters. The Kier molecular flexibility index (Phi) is 4.99. The minimum absolute atomic E-state index is 0.0300. The highest BCUT2D eigenvalue weighted by Gasteiger charge is 2.49. The molecule has 1 saturated heterocycles. The molecule has 5 heteroatoms. The summed E-state index contributed by atoms with van der Waals surface area (Å²) in [6, 6.07) is 10.6. The normalized spacial score (nSPS) is 22.2. The van der Waals surface area contributed by atoms with Crippen LogP contribution in [0.2, 0.25) is 0 Å². The molecule has 1 amide bonds. The van der Waals surface area contributed by atoms with Gasteiger partial charge in [0.1, 0.15) is 5.76 Å². The molecule has 28 heavy (non-hydrogen) atoms. The van der Waals surface area contributed by atoms with Gasteiger partial charge in [-0.2, -0.15) is 0 Å². The standard InChI is InChI=1S/C23H24N2O3/c1-2-15-7-9-17(10-8-15)21(26)19-20(16-11-13-24-14-12-16)25(23(28)22(19)27)18-5-3-4-6-18/h7-14,18,20,26H,2-6H2,1H3/b21-19-. The summed E-state index contributed by atoms with van der Waals surface area (Å²) < 4.78 is 0. The van der Waals surface area contributed by atoms with Gasteiger partial charge in [0, 0.05) is 24.0 Å². The Labute approximate surface area is 164 Å². The van der Waals surface area contributed by atoms with Gasteiger partial charge in [0.15, 0.2) is 0 Å². The van der Waals surface area contributed by atoms with Gasteiger partial charge in [-0.15, -0.1) is 0 Å². The smallest absolute Gasteiger partial charge is 0.295 e. The van der Waals surface area contributed by atoms with Crippen LogP contribution in [0, 0.1) is 0 Å². The number of Topliss-reactive ketones (excluding diaryl/α,β-unsaturated/α-hetero) is 1. The SMILES string of the molecule is CCc1ccc(/C(O)=C2/C(=O)C(=O)N(C3CCCC3)C2c2ccncc2)cc1. The number of hydrogen-bond acceptors (Lipinski definition) is 4. The molecule has 2 aromatic rings. The minimum Gasteiger partial charge on any atom is -0.507 e. The van der Waals surface area contributed by atoms with Crippen molar-refractivity contribution in [3.63, 3.8) is 0 Å². The van der Waals surface area contributed by atoms with Crippen LogP contribution in [0.5, 0.6) is 0 Å². The van der Waals surface area contributed by atoms with Crippen LogP contribution in [0.3, 0.4) is 0 Å². The van der Waals surface area contributed by atoms with Crippen LogP contribution < -0.4 is 0 Å². The number of aromatic nitrogens is 1. The molecule has 1 aliphatic carbocycles. The fourth-order valence-electron chi connectivity index (χ4n) is 4.34. The van der Waals surface area contributed by atoms with Gasteiger partial charge in [0.2, 0.25) is 0 Å². The number of likely N-dealkylation sites (tertiary alicyclic amines) is 1. The third-order valence-electron chi connectivity index (χ3n) is 5.86. The first kappa shape index (κ1) is 18.4. The van der Waals surface area contributed by atoms with Crippen LogP contribution in [-0.4, -0.2) is 32.7 Å². The Morgan fingerprint density at radius 1 is 1.07 bits per heavy atom. The molecule has 1 aromatic carbocycles. The van der Waals surface area contributed by atoms with Crippen LogP contribution >= 0.6 is 0 Å². The van der Waals surface area contributed by atoms with E-state index in [1.807, 2.05) is 24.3 Å². The fraction of sp³-hybridized carbons (Fsp3) is 0.348. The maximum Gasteiger partial charge on any atom is 0.295 e. The lowest BCUT2D eigenvalue weighted by Crippen LogP contribution is -2.37. The summed E-state index contributed by atoms with van der Waals surface area (Å²) in [6.07, 6.45) is 8.08. The number of carbonyl (C=O) groups is 2. The molecule has 4 rings (SSSR count). The highest BCUT2D eigenvalue weighted by molar-refractivity contribution is 6.46. The number of rotatable bonds is 4. The highest BCUT2D eigenvalue weighted by atomic mass is 16.3. The lowest BCUT2D eigenvalue weighted by atomic mass is 9.95. The first-order chi connectivity index (χ1) is 13.6. The van der Waals surface area contributed by atoms with E-state index < -0.39 is 17.7 Å². The van der Waals surface area contributed by atoms with Crippen LogP contribution in [0.1, 0.15) is 55.3 Å². The average Bonchev–Trinajstić information content (AvgIpc) is 3.35. The van der Waals surface area contributed by atoms with Crippen molar-refractivity contribution in [2.24, 2.45) is 0 Å². The zero-order valence-electron chi connectivity index (χ0n) is 16.0. The van der Waals surface area contributed by atoms with Crippen molar-refractivity contribution in [2.45, 2.75) is 51.1 Å². The van der Waals surface area contributed by atoms with E-state index in [4.69, 9.17) is 0 Å². The van der Waals surface area contributed by atoms with Crippen LogP contribution in [0.15, 0.2) is 54.4 Å². The molecule has 0 spiro atoms. The van der Waals surface area contributed by atoms with E-state index >= 15 is 0 Å². The third-order valence-corrected chi connectivity index (χ3v) is 5.86. The van der Waals surface area contributed by atoms with Crippen LogP contribution in [0.4, 0.5) is 0 Å². The topological polar surface area (TPSA) is 70.5 Å².